The van der Waals surface area contributed by atoms with Crippen LogP contribution in [0.2, 0.25) is 0 Å². The van der Waals surface area contributed by atoms with Crippen molar-refractivity contribution in [1.82, 2.24) is 20.8 Å². The van der Waals surface area contributed by atoms with Crippen LogP contribution in [-0.4, -0.2) is 41.8 Å². The second kappa shape index (κ2) is 8.67. The van der Waals surface area contributed by atoms with E-state index in [1.54, 1.807) is 6.07 Å². The van der Waals surface area contributed by atoms with Gasteiger partial charge in [-0.15, -0.1) is 0 Å². The van der Waals surface area contributed by atoms with Gasteiger partial charge in [-0.25, -0.2) is 5.10 Å². The minimum absolute atomic E-state index is 0.139. The van der Waals surface area contributed by atoms with Crippen LogP contribution in [0.4, 0.5) is 0 Å². The van der Waals surface area contributed by atoms with Gasteiger partial charge in [0.1, 0.15) is 5.75 Å². The van der Waals surface area contributed by atoms with E-state index in [1.807, 2.05) is 24.3 Å². The maximum absolute atomic E-state index is 12.8. The molecule has 0 atom stereocenters. The predicted octanol–water partition coefficient (Wildman–Crippen LogP) is 2.18. The fourth-order valence-corrected chi connectivity index (χ4v) is 3.78. The molecule has 0 aliphatic carbocycles. The van der Waals surface area contributed by atoms with Gasteiger partial charge in [0.25, 0.3) is 11.5 Å². The molecule has 0 fully saturated rings. The van der Waals surface area contributed by atoms with Crippen molar-refractivity contribution in [2.75, 3.05) is 19.7 Å². The molecule has 1 aliphatic rings. The summed E-state index contributed by atoms with van der Waals surface area (Å²) < 4.78 is 5.75. The highest BCUT2D eigenvalue weighted by molar-refractivity contribution is 5.98. The lowest BCUT2D eigenvalue weighted by atomic mass is 9.98. The van der Waals surface area contributed by atoms with E-state index in [-0.39, 0.29) is 11.5 Å². The lowest BCUT2D eigenvalue weighted by Gasteiger charge is -2.13. The van der Waals surface area contributed by atoms with Crippen molar-refractivity contribution in [2.24, 2.45) is 0 Å². The lowest BCUT2D eigenvalue weighted by Crippen LogP contribution is -2.34. The number of aromatic nitrogens is 2. The summed E-state index contributed by atoms with van der Waals surface area (Å²) in [6.45, 7) is 5.97. The van der Waals surface area contributed by atoms with Crippen molar-refractivity contribution < 1.29 is 9.53 Å². The van der Waals surface area contributed by atoms with E-state index in [0.29, 0.717) is 48.9 Å². The van der Waals surface area contributed by atoms with E-state index in [1.165, 1.54) is 0 Å². The molecule has 3 aromatic rings. The molecule has 7 heteroatoms. The molecular formula is C23H26N4O3. The van der Waals surface area contributed by atoms with Gasteiger partial charge in [-0.3, -0.25) is 9.59 Å². The zero-order valence-electron chi connectivity index (χ0n) is 17.2. The Hall–Kier alpha value is -3.19. The predicted molar refractivity (Wildman–Crippen MR) is 116 cm³/mol. The number of carbonyl (C=O) groups excluding carboxylic acids is 1. The van der Waals surface area contributed by atoms with E-state index in [0.717, 1.165) is 28.6 Å². The smallest absolute Gasteiger partial charge is 0.272 e. The molecule has 0 saturated heterocycles. The molecule has 0 saturated carbocycles. The third-order valence-corrected chi connectivity index (χ3v) is 5.20. The Morgan fingerprint density at radius 2 is 2.00 bits per heavy atom. The van der Waals surface area contributed by atoms with Crippen molar-refractivity contribution in [1.29, 1.82) is 0 Å². The largest absolute Gasteiger partial charge is 0.492 e. The van der Waals surface area contributed by atoms with Gasteiger partial charge in [0.15, 0.2) is 0 Å². The second-order valence-corrected chi connectivity index (χ2v) is 7.82. The van der Waals surface area contributed by atoms with Crippen LogP contribution >= 0.6 is 0 Å². The third-order valence-electron chi connectivity index (χ3n) is 5.20. The first-order chi connectivity index (χ1) is 14.5. The summed E-state index contributed by atoms with van der Waals surface area (Å²) in [5.74, 6) is 0.534. The average Bonchev–Trinajstić information content (AvgIpc) is 3.21. The van der Waals surface area contributed by atoms with Gasteiger partial charge < -0.3 is 15.4 Å². The Bertz CT molecular complexity index is 1140. The molecule has 156 valence electrons. The number of hydrogen-bond donors (Lipinski definition) is 3. The average molecular weight is 406 g/mol. The van der Waals surface area contributed by atoms with E-state index >= 15 is 0 Å². The zero-order valence-corrected chi connectivity index (χ0v) is 17.2. The fraction of sp³-hybridized carbons (Fsp3) is 0.348. The number of fused-ring (bicyclic) bond motifs is 2. The molecule has 0 radical (unpaired) electrons. The van der Waals surface area contributed by atoms with Crippen LogP contribution in [0.1, 0.15) is 41.0 Å². The summed E-state index contributed by atoms with van der Waals surface area (Å²) >= 11 is 0. The lowest BCUT2D eigenvalue weighted by molar-refractivity contribution is 0.0950. The summed E-state index contributed by atoms with van der Waals surface area (Å²) in [6, 6.07) is 11.7. The number of carbonyl (C=O) groups is 1. The first kappa shape index (κ1) is 20.1. The maximum Gasteiger partial charge on any atom is 0.272 e. The summed E-state index contributed by atoms with van der Waals surface area (Å²) in [4.78, 5) is 24.9. The van der Waals surface area contributed by atoms with Crippen molar-refractivity contribution >= 4 is 16.7 Å². The van der Waals surface area contributed by atoms with Crippen LogP contribution in [0.5, 0.6) is 5.75 Å². The minimum Gasteiger partial charge on any atom is -0.492 e. The first-order valence-corrected chi connectivity index (χ1v) is 10.3. The van der Waals surface area contributed by atoms with Gasteiger partial charge >= 0.3 is 0 Å². The number of hydrogen-bond acceptors (Lipinski definition) is 5. The van der Waals surface area contributed by atoms with Gasteiger partial charge in [-0.05, 0) is 23.3 Å². The molecule has 0 unspecified atom stereocenters. The summed E-state index contributed by atoms with van der Waals surface area (Å²) in [6.07, 6.45) is 1.29. The molecule has 2 aromatic carbocycles. The van der Waals surface area contributed by atoms with Crippen LogP contribution in [0.15, 0.2) is 41.2 Å². The monoisotopic (exact) mass is 406 g/mol. The molecular weight excluding hydrogens is 380 g/mol. The highest BCUT2D eigenvalue weighted by Gasteiger charge is 2.22. The Labute approximate surface area is 174 Å². The maximum atomic E-state index is 12.8. The summed E-state index contributed by atoms with van der Waals surface area (Å²) in [5.41, 5.74) is 3.13. The van der Waals surface area contributed by atoms with E-state index in [2.05, 4.69) is 40.7 Å². The standard InChI is InChI=1S/C23H26N4O3/c1-14(2)24-8-9-25-22(28)19-12-15(11-16-7-10-30-21(16)19)13-20-17-5-3-4-6-18(17)23(29)27-26-20/h3-6,11-12,14,24H,7-10,13H2,1-2H3,(H,25,28)(H,27,29). The quantitative estimate of drug-likeness (QED) is 0.523. The Morgan fingerprint density at radius 1 is 1.20 bits per heavy atom. The van der Waals surface area contributed by atoms with Crippen molar-refractivity contribution in [3.05, 3.63) is 69.1 Å². The van der Waals surface area contributed by atoms with Gasteiger partial charge in [0.05, 0.1) is 23.3 Å². The van der Waals surface area contributed by atoms with E-state index < -0.39 is 0 Å². The Morgan fingerprint density at radius 3 is 2.80 bits per heavy atom. The summed E-state index contributed by atoms with van der Waals surface area (Å²) in [7, 11) is 0. The van der Waals surface area contributed by atoms with Gasteiger partial charge in [0.2, 0.25) is 0 Å². The van der Waals surface area contributed by atoms with Crippen LogP contribution in [0.3, 0.4) is 0 Å². The SMILES string of the molecule is CC(C)NCCNC(=O)c1cc(Cc2n[nH]c(=O)c3ccccc23)cc2c1OCC2. The molecule has 7 nitrogen and oxygen atoms in total. The number of ether oxygens (including phenoxy) is 1. The molecule has 0 spiro atoms. The Balaban J connectivity index is 1.61. The fourth-order valence-electron chi connectivity index (χ4n) is 3.78. The van der Waals surface area contributed by atoms with E-state index in [9.17, 15) is 9.59 Å². The number of benzene rings is 2. The van der Waals surface area contributed by atoms with Crippen molar-refractivity contribution in [3.63, 3.8) is 0 Å². The Kier molecular flexibility index (Phi) is 5.81. The molecule has 4 rings (SSSR count). The molecule has 30 heavy (non-hydrogen) atoms. The molecule has 0 bridgehead atoms. The van der Waals surface area contributed by atoms with Crippen LogP contribution in [0, 0.1) is 0 Å². The number of nitrogens with one attached hydrogen (secondary N) is 3. The number of amides is 1. The number of rotatable bonds is 7. The zero-order chi connectivity index (χ0) is 21.1. The van der Waals surface area contributed by atoms with Gasteiger partial charge in [-0.1, -0.05) is 38.1 Å². The number of nitrogens with zero attached hydrogens (tertiary/aromatic N) is 1. The van der Waals surface area contributed by atoms with Crippen molar-refractivity contribution in [2.45, 2.75) is 32.7 Å². The molecule has 1 aromatic heterocycles. The number of H-pyrrole nitrogens is 1. The van der Waals surface area contributed by atoms with Gasteiger partial charge in [-0.2, -0.15) is 5.10 Å². The van der Waals surface area contributed by atoms with Crippen molar-refractivity contribution in [3.8, 4) is 5.75 Å². The van der Waals surface area contributed by atoms with Crippen LogP contribution in [-0.2, 0) is 12.8 Å². The van der Waals surface area contributed by atoms with Crippen LogP contribution < -0.4 is 20.9 Å². The third kappa shape index (κ3) is 4.21. The molecule has 3 N–H and O–H groups in total. The minimum atomic E-state index is -0.202. The molecule has 2 heterocycles. The normalized spacial score (nSPS) is 12.8. The van der Waals surface area contributed by atoms with Gasteiger partial charge in [0, 0.05) is 37.4 Å². The first-order valence-electron chi connectivity index (χ1n) is 10.3. The highest BCUT2D eigenvalue weighted by atomic mass is 16.5. The molecule has 1 amide bonds. The highest BCUT2D eigenvalue weighted by Crippen LogP contribution is 2.32. The van der Waals surface area contributed by atoms with E-state index in [4.69, 9.17) is 4.74 Å². The summed E-state index contributed by atoms with van der Waals surface area (Å²) in [5, 5.41) is 14.5. The molecule has 1 aliphatic heterocycles. The number of aromatic amines is 1. The second-order valence-electron chi connectivity index (χ2n) is 7.82. The van der Waals surface area contributed by atoms with Crippen LogP contribution in [0.25, 0.3) is 10.8 Å². The topological polar surface area (TPSA) is 96.1 Å².